The van der Waals surface area contributed by atoms with Crippen LogP contribution in [0.5, 0.6) is 0 Å². The first kappa shape index (κ1) is 12.9. The molecule has 0 radical (unpaired) electrons. The van der Waals surface area contributed by atoms with Crippen molar-refractivity contribution >= 4 is 5.97 Å². The van der Waals surface area contributed by atoms with Crippen LogP contribution in [0.4, 0.5) is 0 Å². The molecule has 0 fully saturated rings. The molecule has 0 aliphatic heterocycles. The molecule has 14 heavy (non-hydrogen) atoms. The Morgan fingerprint density at radius 1 is 1.36 bits per heavy atom. The molecule has 1 rings (SSSR count). The van der Waals surface area contributed by atoms with Crippen molar-refractivity contribution in [2.45, 2.75) is 13.5 Å². The van der Waals surface area contributed by atoms with Gasteiger partial charge in [0.05, 0.1) is 5.56 Å². The summed E-state index contributed by atoms with van der Waals surface area (Å²) in [5, 5.41) is 11.8. The molecule has 0 heterocycles. The van der Waals surface area contributed by atoms with Crippen LogP contribution in [0.15, 0.2) is 24.3 Å². The fourth-order valence-corrected chi connectivity index (χ4v) is 1.03. The first-order valence-corrected chi connectivity index (χ1v) is 4.27. The third-order valence-corrected chi connectivity index (χ3v) is 1.78. The van der Waals surface area contributed by atoms with Crippen LogP contribution in [0.2, 0.25) is 0 Å². The smallest absolute Gasteiger partial charge is 0.335 e. The lowest BCUT2D eigenvalue weighted by Gasteiger charge is -2.01. The predicted octanol–water partition coefficient (Wildman–Crippen LogP) is -1.50. The second-order valence-electron chi connectivity index (χ2n) is 2.78. The molecule has 0 aliphatic rings. The summed E-state index contributed by atoms with van der Waals surface area (Å²) in [4.78, 5) is 10.5. The second kappa shape index (κ2) is 6.40. The molecule has 0 aromatic heterocycles. The average Bonchev–Trinajstić information content (AvgIpc) is 2.15. The van der Waals surface area contributed by atoms with Gasteiger partial charge in [-0.1, -0.05) is 19.1 Å². The molecule has 0 spiro atoms. The zero-order valence-corrected chi connectivity index (χ0v) is 8.71. The fourth-order valence-electron chi connectivity index (χ4n) is 1.03. The van der Waals surface area contributed by atoms with E-state index >= 15 is 0 Å². The number of nitrogens with one attached hydrogen (secondary N) is 1. The van der Waals surface area contributed by atoms with E-state index in [0.717, 1.165) is 18.7 Å². The number of halogens is 1. The van der Waals surface area contributed by atoms with E-state index in [9.17, 15) is 4.79 Å². The summed E-state index contributed by atoms with van der Waals surface area (Å²) in [5.41, 5.74) is 1.44. The molecule has 0 saturated heterocycles. The van der Waals surface area contributed by atoms with Gasteiger partial charge in [-0.2, -0.15) is 0 Å². The van der Waals surface area contributed by atoms with E-state index in [0.29, 0.717) is 5.56 Å². The number of rotatable bonds is 4. The van der Waals surface area contributed by atoms with Crippen molar-refractivity contribution in [1.29, 1.82) is 0 Å². The van der Waals surface area contributed by atoms with E-state index in [1.54, 1.807) is 12.1 Å². The largest absolute Gasteiger partial charge is 1.00 e. The summed E-state index contributed by atoms with van der Waals surface area (Å²) >= 11 is 0. The zero-order valence-electron chi connectivity index (χ0n) is 7.96. The van der Waals surface area contributed by atoms with Gasteiger partial charge in [0.2, 0.25) is 0 Å². The van der Waals surface area contributed by atoms with Crippen LogP contribution in [0.3, 0.4) is 0 Å². The van der Waals surface area contributed by atoms with Gasteiger partial charge in [-0.25, -0.2) is 4.79 Å². The highest BCUT2D eigenvalue weighted by Crippen LogP contribution is 2.03. The lowest BCUT2D eigenvalue weighted by atomic mass is 10.1. The van der Waals surface area contributed by atoms with Gasteiger partial charge in [0, 0.05) is 6.54 Å². The van der Waals surface area contributed by atoms with Gasteiger partial charge in [-0.05, 0) is 24.2 Å². The van der Waals surface area contributed by atoms with E-state index in [4.69, 9.17) is 5.11 Å². The van der Waals surface area contributed by atoms with Crippen LogP contribution in [0, 0.1) is 0 Å². The molecule has 1 aromatic rings. The number of benzene rings is 1. The number of hydrogen-bond donors (Lipinski definition) is 2. The second-order valence-corrected chi connectivity index (χ2v) is 2.78. The summed E-state index contributed by atoms with van der Waals surface area (Å²) in [6.45, 7) is 3.74. The Bertz CT molecular complexity index is 285. The molecule has 4 heteroatoms. The third kappa shape index (κ3) is 3.77. The minimum Gasteiger partial charge on any atom is -1.00 e. The first-order valence-electron chi connectivity index (χ1n) is 4.27. The third-order valence-electron chi connectivity index (χ3n) is 1.78. The van der Waals surface area contributed by atoms with Gasteiger partial charge in [-0.15, -0.1) is 0 Å². The Morgan fingerprint density at radius 3 is 2.36 bits per heavy atom. The molecule has 0 atom stereocenters. The molecule has 0 aliphatic carbocycles. The van der Waals surface area contributed by atoms with Crippen LogP contribution < -0.4 is 17.7 Å². The summed E-state index contributed by atoms with van der Waals surface area (Å²) in [7, 11) is 0. The molecule has 2 N–H and O–H groups in total. The van der Waals surface area contributed by atoms with Gasteiger partial charge < -0.3 is 22.8 Å². The summed E-state index contributed by atoms with van der Waals surface area (Å²) < 4.78 is 0. The van der Waals surface area contributed by atoms with Gasteiger partial charge >= 0.3 is 5.97 Å². The molecular formula is C10H13ClNO2-. The number of carboxylic acid groups (broad SMARTS) is 1. The van der Waals surface area contributed by atoms with E-state index < -0.39 is 5.97 Å². The minimum absolute atomic E-state index is 0. The van der Waals surface area contributed by atoms with Gasteiger partial charge in [0.15, 0.2) is 0 Å². The highest BCUT2D eigenvalue weighted by molar-refractivity contribution is 5.87. The topological polar surface area (TPSA) is 49.3 Å². The molecule has 0 bridgehead atoms. The molecule has 78 valence electrons. The van der Waals surface area contributed by atoms with Crippen molar-refractivity contribution < 1.29 is 22.3 Å². The maximum atomic E-state index is 10.5. The number of hydrogen-bond acceptors (Lipinski definition) is 2. The highest BCUT2D eigenvalue weighted by Gasteiger charge is 2.00. The lowest BCUT2D eigenvalue weighted by molar-refractivity contribution is -0.0000183. The van der Waals surface area contributed by atoms with Crippen molar-refractivity contribution in [3.8, 4) is 0 Å². The maximum Gasteiger partial charge on any atom is 0.335 e. The Balaban J connectivity index is 0.00000169. The van der Waals surface area contributed by atoms with Crippen LogP contribution >= 0.6 is 0 Å². The maximum absolute atomic E-state index is 10.5. The van der Waals surface area contributed by atoms with E-state index in [1.165, 1.54) is 0 Å². The van der Waals surface area contributed by atoms with E-state index in [1.807, 2.05) is 19.1 Å². The minimum atomic E-state index is -0.880. The van der Waals surface area contributed by atoms with Crippen LogP contribution in [-0.2, 0) is 6.54 Å². The molecular weight excluding hydrogens is 202 g/mol. The monoisotopic (exact) mass is 214 g/mol. The Kier molecular flexibility index (Phi) is 5.92. The number of aromatic carboxylic acids is 1. The molecule has 0 saturated carbocycles. The standard InChI is InChI=1S/C10H13NO2.ClH/c1-2-11-7-8-3-5-9(6-4-8)10(12)13;/h3-6,11H,2,7H2,1H3,(H,12,13);1H/p-1. The number of carbonyl (C=O) groups is 1. The zero-order chi connectivity index (χ0) is 9.68. The lowest BCUT2D eigenvalue weighted by Crippen LogP contribution is -3.00. The summed E-state index contributed by atoms with van der Waals surface area (Å²) in [6.07, 6.45) is 0. The number of carboxylic acids is 1. The Hall–Kier alpha value is -1.06. The average molecular weight is 215 g/mol. The fraction of sp³-hybridized carbons (Fsp3) is 0.300. The van der Waals surface area contributed by atoms with Gasteiger partial charge in [-0.3, -0.25) is 0 Å². The highest BCUT2D eigenvalue weighted by atomic mass is 35.5. The first-order chi connectivity index (χ1) is 6.24. The summed E-state index contributed by atoms with van der Waals surface area (Å²) in [6, 6.07) is 6.89. The van der Waals surface area contributed by atoms with Crippen LogP contribution in [0.25, 0.3) is 0 Å². The van der Waals surface area contributed by atoms with Crippen molar-refractivity contribution in [2.75, 3.05) is 6.54 Å². The predicted molar refractivity (Wildman–Crippen MR) is 50.8 cm³/mol. The van der Waals surface area contributed by atoms with E-state index in [2.05, 4.69) is 5.32 Å². The van der Waals surface area contributed by atoms with E-state index in [-0.39, 0.29) is 12.4 Å². The summed E-state index contributed by atoms with van der Waals surface area (Å²) in [5.74, 6) is -0.880. The Morgan fingerprint density at radius 2 is 1.93 bits per heavy atom. The quantitative estimate of drug-likeness (QED) is 0.642. The van der Waals surface area contributed by atoms with Crippen molar-refractivity contribution in [3.05, 3.63) is 35.4 Å². The normalized spacial score (nSPS) is 9.21. The van der Waals surface area contributed by atoms with Crippen molar-refractivity contribution in [3.63, 3.8) is 0 Å². The molecule has 3 nitrogen and oxygen atoms in total. The van der Waals surface area contributed by atoms with Gasteiger partial charge in [0.25, 0.3) is 0 Å². The molecule has 0 amide bonds. The Labute approximate surface area is 89.5 Å². The van der Waals surface area contributed by atoms with Crippen molar-refractivity contribution in [2.24, 2.45) is 0 Å². The molecule has 1 aromatic carbocycles. The van der Waals surface area contributed by atoms with Crippen LogP contribution in [0.1, 0.15) is 22.8 Å². The van der Waals surface area contributed by atoms with Gasteiger partial charge in [0.1, 0.15) is 0 Å². The molecule has 0 unspecified atom stereocenters. The SMILES string of the molecule is CCNCc1ccc(C(=O)O)cc1.[Cl-]. The van der Waals surface area contributed by atoms with Crippen LogP contribution in [-0.4, -0.2) is 17.6 Å². The van der Waals surface area contributed by atoms with Crippen molar-refractivity contribution in [1.82, 2.24) is 5.32 Å².